The largest absolute Gasteiger partial charge is 0.478 e. The minimum absolute atomic E-state index is 0.116. The van der Waals surface area contributed by atoms with Crippen molar-refractivity contribution in [3.8, 4) is 0 Å². The normalized spacial score (nSPS) is 19.4. The number of rotatable bonds is 3. The number of hydrogen-bond acceptors (Lipinski definition) is 5. The van der Waals surface area contributed by atoms with Gasteiger partial charge in [0.05, 0.1) is 10.5 Å². The van der Waals surface area contributed by atoms with Gasteiger partial charge < -0.3 is 5.11 Å². The molecule has 1 aliphatic rings. The first-order valence-corrected chi connectivity index (χ1v) is 7.76. The highest BCUT2D eigenvalue weighted by atomic mass is 32.2. The van der Waals surface area contributed by atoms with Crippen molar-refractivity contribution < 1.29 is 27.9 Å². The third-order valence-electron chi connectivity index (χ3n) is 2.85. The molecule has 1 aromatic carbocycles. The molecule has 1 N–H and O–H groups in total. The number of amides is 2. The monoisotopic (exact) mass is 333 g/mol. The number of carbonyl (C=O) groups is 3. The predicted molar refractivity (Wildman–Crippen MR) is 79.9 cm³/mol. The average Bonchev–Trinajstić information content (AvgIpc) is 2.58. The number of allylic oxidation sites excluding steroid dienone is 4. The summed E-state index contributed by atoms with van der Waals surface area (Å²) in [5.74, 6) is -3.26. The van der Waals surface area contributed by atoms with Crippen LogP contribution in [0, 0.1) is 0 Å². The van der Waals surface area contributed by atoms with Crippen LogP contribution in [0.5, 0.6) is 0 Å². The second-order valence-corrected chi connectivity index (χ2v) is 6.17. The van der Waals surface area contributed by atoms with E-state index in [4.69, 9.17) is 5.11 Å². The van der Waals surface area contributed by atoms with Gasteiger partial charge in [-0.05, 0) is 24.3 Å². The first-order valence-electron chi connectivity index (χ1n) is 6.32. The highest BCUT2D eigenvalue weighted by molar-refractivity contribution is 7.90. The molecule has 2 rings (SSSR count). The van der Waals surface area contributed by atoms with E-state index in [2.05, 4.69) is 0 Å². The van der Waals surface area contributed by atoms with Crippen LogP contribution in [0.3, 0.4) is 0 Å². The van der Waals surface area contributed by atoms with Crippen LogP contribution in [-0.2, 0) is 19.6 Å². The van der Waals surface area contributed by atoms with Crippen LogP contribution in [0.2, 0.25) is 0 Å². The lowest BCUT2D eigenvalue weighted by atomic mass is 10.2. The third kappa shape index (κ3) is 3.43. The molecule has 0 saturated carbocycles. The highest BCUT2D eigenvalue weighted by Crippen LogP contribution is 2.18. The van der Waals surface area contributed by atoms with Crippen LogP contribution < -0.4 is 0 Å². The van der Waals surface area contributed by atoms with Gasteiger partial charge in [0.15, 0.2) is 0 Å². The molecule has 0 unspecified atom stereocenters. The van der Waals surface area contributed by atoms with E-state index in [1.54, 1.807) is 0 Å². The molecule has 0 bridgehead atoms. The summed E-state index contributed by atoms with van der Waals surface area (Å²) in [6.07, 6.45) is 7.46. The first kappa shape index (κ1) is 16.4. The number of aromatic carboxylic acids is 1. The van der Waals surface area contributed by atoms with Gasteiger partial charge in [0.25, 0.3) is 21.8 Å². The summed E-state index contributed by atoms with van der Waals surface area (Å²) in [6, 6.07) is 4.21. The molecule has 0 fully saturated rings. The zero-order valence-corrected chi connectivity index (χ0v) is 12.4. The van der Waals surface area contributed by atoms with Gasteiger partial charge in [0, 0.05) is 12.2 Å². The minimum Gasteiger partial charge on any atom is -0.478 e. The molecule has 0 atom stereocenters. The molecule has 0 aromatic heterocycles. The second-order valence-electron chi connectivity index (χ2n) is 4.38. The fraction of sp³-hybridized carbons (Fsp3) is 0. The Bertz CT molecular complexity index is 818. The number of sulfonamides is 1. The summed E-state index contributed by atoms with van der Waals surface area (Å²) < 4.78 is 25.2. The first-order chi connectivity index (χ1) is 10.8. The Hall–Kier alpha value is -3.00. The van der Waals surface area contributed by atoms with Gasteiger partial charge in [-0.1, -0.05) is 24.3 Å². The fourth-order valence-corrected chi connectivity index (χ4v) is 3.05. The summed E-state index contributed by atoms with van der Waals surface area (Å²) in [4.78, 5) is 34.4. The maximum atomic E-state index is 12.5. The summed E-state index contributed by atoms with van der Waals surface area (Å²) in [7, 11) is -4.45. The lowest BCUT2D eigenvalue weighted by molar-refractivity contribution is -0.132. The molecule has 0 aliphatic carbocycles. The highest BCUT2D eigenvalue weighted by Gasteiger charge is 2.32. The number of nitrogens with zero attached hydrogens (tertiary/aromatic N) is 1. The maximum absolute atomic E-state index is 12.5. The number of carboxylic acids is 1. The van der Waals surface area contributed by atoms with Crippen molar-refractivity contribution in [3.05, 3.63) is 66.3 Å². The van der Waals surface area contributed by atoms with Gasteiger partial charge in [-0.15, -0.1) is 0 Å². The Balaban J connectivity index is 2.49. The number of carbonyl (C=O) groups excluding carboxylic acids is 2. The van der Waals surface area contributed by atoms with E-state index < -0.39 is 27.8 Å². The third-order valence-corrected chi connectivity index (χ3v) is 4.56. The Kier molecular flexibility index (Phi) is 4.56. The Labute approximate surface area is 131 Å². The zero-order chi connectivity index (χ0) is 17.0. The van der Waals surface area contributed by atoms with E-state index in [-0.39, 0.29) is 14.8 Å². The summed E-state index contributed by atoms with van der Waals surface area (Å²) in [5, 5.41) is 8.82. The quantitative estimate of drug-likeness (QED) is 0.830. The van der Waals surface area contributed by atoms with Crippen molar-refractivity contribution in [1.29, 1.82) is 0 Å². The van der Waals surface area contributed by atoms with E-state index in [1.165, 1.54) is 24.3 Å². The van der Waals surface area contributed by atoms with Crippen molar-refractivity contribution >= 4 is 27.8 Å². The van der Waals surface area contributed by atoms with E-state index in [0.29, 0.717) is 0 Å². The number of hydrogen-bond donors (Lipinski definition) is 1. The second kappa shape index (κ2) is 6.41. The molecular weight excluding hydrogens is 322 g/mol. The van der Waals surface area contributed by atoms with Gasteiger partial charge in [0.2, 0.25) is 0 Å². The van der Waals surface area contributed by atoms with E-state index in [0.717, 1.165) is 36.4 Å². The molecule has 8 heteroatoms. The van der Waals surface area contributed by atoms with Crippen molar-refractivity contribution in [2.24, 2.45) is 0 Å². The molecule has 1 aliphatic heterocycles. The lowest BCUT2D eigenvalue weighted by Crippen LogP contribution is -2.39. The van der Waals surface area contributed by atoms with E-state index >= 15 is 0 Å². The van der Waals surface area contributed by atoms with Gasteiger partial charge >= 0.3 is 5.97 Å². The smallest absolute Gasteiger partial charge is 0.335 e. The number of carboxylic acid groups (broad SMARTS) is 1. The van der Waals surface area contributed by atoms with Crippen LogP contribution in [0.15, 0.2) is 65.6 Å². The maximum Gasteiger partial charge on any atom is 0.335 e. The van der Waals surface area contributed by atoms with Crippen molar-refractivity contribution in [2.45, 2.75) is 4.90 Å². The van der Waals surface area contributed by atoms with Gasteiger partial charge in [0.1, 0.15) is 0 Å². The van der Waals surface area contributed by atoms with E-state index in [9.17, 15) is 22.8 Å². The van der Waals surface area contributed by atoms with Crippen LogP contribution in [-0.4, -0.2) is 35.6 Å². The Morgan fingerprint density at radius 1 is 0.870 bits per heavy atom. The molecule has 7 nitrogen and oxygen atoms in total. The standard InChI is InChI=1S/C15H11NO6S/c17-13-5-3-1-2-4-6-14(18)16(13)23(21,22)12-9-7-11(8-10-12)15(19)20/h1-10H,(H,19,20)/b2-1-,5-3+,6-4+. The predicted octanol–water partition coefficient (Wildman–Crippen LogP) is 1.11. The SMILES string of the molecule is O=C(O)c1ccc(S(=O)(=O)N2C(=O)/C=C/C=C\C=C\C2=O)cc1. The van der Waals surface area contributed by atoms with Crippen LogP contribution in [0.4, 0.5) is 0 Å². The summed E-state index contributed by atoms with van der Waals surface area (Å²) in [5.41, 5.74) is -0.116. The Morgan fingerprint density at radius 3 is 1.78 bits per heavy atom. The van der Waals surface area contributed by atoms with Crippen LogP contribution >= 0.6 is 0 Å². The van der Waals surface area contributed by atoms with Crippen LogP contribution in [0.25, 0.3) is 0 Å². The molecular formula is C15H11NO6S. The minimum atomic E-state index is -4.45. The zero-order valence-electron chi connectivity index (χ0n) is 11.6. The number of benzene rings is 1. The average molecular weight is 333 g/mol. The van der Waals surface area contributed by atoms with Gasteiger partial charge in [-0.2, -0.15) is 4.31 Å². The topological polar surface area (TPSA) is 109 Å². The molecule has 118 valence electrons. The lowest BCUT2D eigenvalue weighted by Gasteiger charge is -2.17. The molecule has 1 aromatic rings. The van der Waals surface area contributed by atoms with Gasteiger partial charge in [-0.25, -0.2) is 13.2 Å². The molecule has 2 amide bonds. The fourth-order valence-electron chi connectivity index (χ4n) is 1.76. The summed E-state index contributed by atoms with van der Waals surface area (Å²) in [6.45, 7) is 0. The molecule has 0 spiro atoms. The Morgan fingerprint density at radius 2 is 1.35 bits per heavy atom. The van der Waals surface area contributed by atoms with Gasteiger partial charge in [-0.3, -0.25) is 9.59 Å². The van der Waals surface area contributed by atoms with Crippen molar-refractivity contribution in [3.63, 3.8) is 0 Å². The summed E-state index contributed by atoms with van der Waals surface area (Å²) >= 11 is 0. The molecule has 23 heavy (non-hydrogen) atoms. The molecule has 0 saturated heterocycles. The number of imide groups is 1. The van der Waals surface area contributed by atoms with Crippen molar-refractivity contribution in [1.82, 2.24) is 4.31 Å². The van der Waals surface area contributed by atoms with Crippen LogP contribution in [0.1, 0.15) is 10.4 Å². The van der Waals surface area contributed by atoms with Crippen molar-refractivity contribution in [2.75, 3.05) is 0 Å². The molecule has 1 heterocycles. The van der Waals surface area contributed by atoms with E-state index in [1.807, 2.05) is 0 Å². The molecule has 0 radical (unpaired) electrons.